The number of aromatic nitrogens is 1. The third-order valence-electron chi connectivity index (χ3n) is 4.13. The number of rotatable bonds is 4. The number of hydrogen-bond acceptors (Lipinski definition) is 3. The van der Waals surface area contributed by atoms with Gasteiger partial charge in [-0.3, -0.25) is 14.6 Å². The number of pyridine rings is 1. The maximum Gasteiger partial charge on any atom is 0.257 e. The van der Waals surface area contributed by atoms with Gasteiger partial charge in [-0.2, -0.15) is 0 Å². The maximum absolute atomic E-state index is 12.9. The summed E-state index contributed by atoms with van der Waals surface area (Å²) in [6.07, 6.45) is 2.76. The van der Waals surface area contributed by atoms with Gasteiger partial charge in [-0.1, -0.05) is 6.07 Å². The van der Waals surface area contributed by atoms with E-state index in [1.165, 1.54) is 42.7 Å². The van der Waals surface area contributed by atoms with Gasteiger partial charge in [-0.25, -0.2) is 4.39 Å². The fourth-order valence-corrected chi connectivity index (χ4v) is 2.45. The van der Waals surface area contributed by atoms with Crippen LogP contribution >= 0.6 is 0 Å². The first-order valence-corrected chi connectivity index (χ1v) is 8.33. The lowest BCUT2D eigenvalue weighted by Gasteiger charge is -2.09. The Labute approximate surface area is 156 Å². The number of carbonyl (C=O) groups excluding carboxylic acids is 2. The summed E-state index contributed by atoms with van der Waals surface area (Å²) in [5.41, 5.74) is 3.81. The molecule has 0 aliphatic carbocycles. The number of nitrogens with zero attached hydrogens (tertiary/aromatic N) is 1. The van der Waals surface area contributed by atoms with Gasteiger partial charge in [0.05, 0.1) is 11.1 Å². The van der Waals surface area contributed by atoms with Crippen LogP contribution in [-0.4, -0.2) is 16.8 Å². The summed E-state index contributed by atoms with van der Waals surface area (Å²) in [4.78, 5) is 28.8. The summed E-state index contributed by atoms with van der Waals surface area (Å²) in [5, 5.41) is 5.43. The number of anilines is 2. The molecule has 0 radical (unpaired) electrons. The molecule has 0 saturated carbocycles. The molecule has 0 atom stereocenters. The molecule has 2 aromatic carbocycles. The number of halogens is 1. The third-order valence-corrected chi connectivity index (χ3v) is 4.13. The van der Waals surface area contributed by atoms with Crippen molar-refractivity contribution in [3.8, 4) is 0 Å². The summed E-state index contributed by atoms with van der Waals surface area (Å²) < 4.78 is 12.9. The summed E-state index contributed by atoms with van der Waals surface area (Å²) >= 11 is 0. The van der Waals surface area contributed by atoms with Crippen LogP contribution in [0.2, 0.25) is 0 Å². The monoisotopic (exact) mass is 363 g/mol. The van der Waals surface area contributed by atoms with Gasteiger partial charge in [0, 0.05) is 23.8 Å². The van der Waals surface area contributed by atoms with Gasteiger partial charge in [0.2, 0.25) is 0 Å². The molecule has 5 nitrogen and oxygen atoms in total. The molecule has 0 bridgehead atoms. The van der Waals surface area contributed by atoms with Crippen LogP contribution in [0.3, 0.4) is 0 Å². The van der Waals surface area contributed by atoms with Gasteiger partial charge in [0.1, 0.15) is 5.82 Å². The first-order chi connectivity index (χ1) is 12.9. The topological polar surface area (TPSA) is 71.1 Å². The third kappa shape index (κ3) is 4.55. The van der Waals surface area contributed by atoms with Gasteiger partial charge < -0.3 is 10.6 Å². The first kappa shape index (κ1) is 18.3. The number of aryl methyl sites for hydroxylation is 2. The highest BCUT2D eigenvalue weighted by Crippen LogP contribution is 2.16. The molecule has 2 N–H and O–H groups in total. The van der Waals surface area contributed by atoms with E-state index in [-0.39, 0.29) is 22.9 Å². The number of benzene rings is 2. The van der Waals surface area contributed by atoms with E-state index in [9.17, 15) is 14.0 Å². The molecular weight excluding hydrogens is 345 g/mol. The second-order valence-electron chi connectivity index (χ2n) is 6.18. The number of hydrogen-bond donors (Lipinski definition) is 2. The Morgan fingerprint density at radius 1 is 0.778 bits per heavy atom. The number of nitrogens with one attached hydrogen (secondary N) is 2. The van der Waals surface area contributed by atoms with Gasteiger partial charge >= 0.3 is 0 Å². The van der Waals surface area contributed by atoms with Gasteiger partial charge in [-0.15, -0.1) is 0 Å². The van der Waals surface area contributed by atoms with Crippen LogP contribution in [0.5, 0.6) is 0 Å². The molecule has 2 amide bonds. The van der Waals surface area contributed by atoms with Crippen LogP contribution in [0.25, 0.3) is 0 Å². The Morgan fingerprint density at radius 3 is 1.93 bits per heavy atom. The molecule has 0 spiro atoms. The van der Waals surface area contributed by atoms with Crippen molar-refractivity contribution in [3.05, 3.63) is 89.0 Å². The molecule has 0 aliphatic rings. The van der Waals surface area contributed by atoms with Crippen LogP contribution < -0.4 is 10.6 Å². The fraction of sp³-hybridized carbons (Fsp3) is 0.0952. The smallest absolute Gasteiger partial charge is 0.257 e. The number of carbonyl (C=O) groups is 2. The average Bonchev–Trinajstić information content (AvgIpc) is 2.66. The van der Waals surface area contributed by atoms with E-state index in [4.69, 9.17) is 0 Å². The largest absolute Gasteiger partial charge is 0.322 e. The highest BCUT2D eigenvalue weighted by molar-refractivity contribution is 6.08. The minimum atomic E-state index is -0.435. The van der Waals surface area contributed by atoms with Crippen LogP contribution in [0.15, 0.2) is 60.9 Å². The standard InChI is InChI=1S/C21H18FN3O2/c1-13-3-6-19(9-14(13)2)25-21(27)16-10-15(11-23-12-16)20(26)24-18-7-4-17(22)5-8-18/h3-12H,1-2H3,(H,24,26)(H,25,27). The van der Waals surface area contributed by atoms with Gasteiger partial charge in [0.25, 0.3) is 11.8 Å². The minimum Gasteiger partial charge on any atom is -0.322 e. The first-order valence-electron chi connectivity index (χ1n) is 8.33. The van der Waals surface area contributed by atoms with Crippen LogP contribution in [0.4, 0.5) is 15.8 Å². The van der Waals surface area contributed by atoms with Crippen molar-refractivity contribution in [1.82, 2.24) is 4.98 Å². The quantitative estimate of drug-likeness (QED) is 0.724. The summed E-state index contributed by atoms with van der Waals surface area (Å²) in [5.74, 6) is -1.18. The molecule has 3 rings (SSSR count). The van der Waals surface area contributed by atoms with Crippen molar-refractivity contribution in [3.63, 3.8) is 0 Å². The van der Waals surface area contributed by atoms with Crippen molar-refractivity contribution in [1.29, 1.82) is 0 Å². The molecule has 0 aliphatic heterocycles. The van der Waals surface area contributed by atoms with Crippen LogP contribution in [0, 0.1) is 19.7 Å². The van der Waals surface area contributed by atoms with E-state index in [0.717, 1.165) is 11.1 Å². The molecule has 136 valence electrons. The lowest BCUT2D eigenvalue weighted by Crippen LogP contribution is -2.16. The normalized spacial score (nSPS) is 10.3. The molecule has 0 fully saturated rings. The zero-order chi connectivity index (χ0) is 19.4. The lowest BCUT2D eigenvalue weighted by molar-refractivity contribution is 0.102. The second-order valence-corrected chi connectivity index (χ2v) is 6.18. The molecule has 6 heteroatoms. The summed E-state index contributed by atoms with van der Waals surface area (Å²) in [6.45, 7) is 3.96. The molecule has 27 heavy (non-hydrogen) atoms. The zero-order valence-corrected chi connectivity index (χ0v) is 14.9. The predicted octanol–water partition coefficient (Wildman–Crippen LogP) is 4.34. The lowest BCUT2D eigenvalue weighted by atomic mass is 10.1. The fourth-order valence-electron chi connectivity index (χ4n) is 2.45. The van der Waals surface area contributed by atoms with Crippen molar-refractivity contribution in [2.75, 3.05) is 10.6 Å². The minimum absolute atomic E-state index is 0.229. The zero-order valence-electron chi connectivity index (χ0n) is 14.9. The molecule has 0 unspecified atom stereocenters. The maximum atomic E-state index is 12.9. The van der Waals surface area contributed by atoms with Crippen molar-refractivity contribution < 1.29 is 14.0 Å². The van der Waals surface area contributed by atoms with Gasteiger partial charge in [-0.05, 0) is 67.4 Å². The molecule has 1 aromatic heterocycles. The Bertz CT molecular complexity index is 1000. The second kappa shape index (κ2) is 7.78. The van der Waals surface area contributed by atoms with E-state index < -0.39 is 5.91 Å². The Hall–Kier alpha value is -3.54. The van der Waals surface area contributed by atoms with Crippen molar-refractivity contribution in [2.45, 2.75) is 13.8 Å². The predicted molar refractivity (Wildman–Crippen MR) is 102 cm³/mol. The van der Waals surface area contributed by atoms with Crippen LogP contribution in [-0.2, 0) is 0 Å². The Kier molecular flexibility index (Phi) is 5.26. The van der Waals surface area contributed by atoms with Crippen LogP contribution in [0.1, 0.15) is 31.8 Å². The SMILES string of the molecule is Cc1ccc(NC(=O)c2cncc(C(=O)Nc3ccc(F)cc3)c2)cc1C. The molecule has 1 heterocycles. The van der Waals surface area contributed by atoms with Crippen molar-refractivity contribution in [2.24, 2.45) is 0 Å². The van der Waals surface area contributed by atoms with E-state index in [1.54, 1.807) is 0 Å². The average molecular weight is 363 g/mol. The van der Waals surface area contributed by atoms with Crippen molar-refractivity contribution >= 4 is 23.2 Å². The van der Waals surface area contributed by atoms with Gasteiger partial charge in [0.15, 0.2) is 0 Å². The molecular formula is C21H18FN3O2. The highest BCUT2D eigenvalue weighted by atomic mass is 19.1. The summed E-state index contributed by atoms with van der Waals surface area (Å²) in [7, 11) is 0. The van der Waals surface area contributed by atoms with E-state index >= 15 is 0 Å². The molecule has 3 aromatic rings. The van der Waals surface area contributed by atoms with E-state index in [2.05, 4.69) is 15.6 Å². The Balaban J connectivity index is 1.73. The highest BCUT2D eigenvalue weighted by Gasteiger charge is 2.12. The van der Waals surface area contributed by atoms with E-state index in [0.29, 0.717) is 11.4 Å². The van der Waals surface area contributed by atoms with E-state index in [1.807, 2.05) is 32.0 Å². The summed E-state index contributed by atoms with van der Waals surface area (Å²) in [6, 6.07) is 12.5. The Morgan fingerprint density at radius 2 is 1.33 bits per heavy atom. The number of amides is 2. The molecule has 0 saturated heterocycles.